The molecule has 182 valence electrons. The van der Waals surface area contributed by atoms with E-state index in [1.165, 1.54) is 27.2 Å². The van der Waals surface area contributed by atoms with Crippen molar-refractivity contribution in [2.24, 2.45) is 5.11 Å². The number of hydrogen-bond acceptors (Lipinski definition) is 6. The first-order valence-electron chi connectivity index (χ1n) is 10.9. The fourth-order valence-corrected chi connectivity index (χ4v) is 5.38. The first kappa shape index (κ1) is 24.1. The lowest BCUT2D eigenvalue weighted by Crippen LogP contribution is -2.57. The second kappa shape index (κ2) is 10.1. The fourth-order valence-electron chi connectivity index (χ4n) is 3.99. The minimum Gasteiger partial charge on any atom is -0.494 e. The van der Waals surface area contributed by atoms with Gasteiger partial charge in [0.1, 0.15) is 11.8 Å². The third-order valence-corrected chi connectivity index (χ3v) is 7.38. The summed E-state index contributed by atoms with van der Waals surface area (Å²) in [6.07, 6.45) is 2.22. The highest BCUT2D eigenvalue weighted by atomic mass is 32.2. The highest BCUT2D eigenvalue weighted by Gasteiger charge is 2.32. The molecule has 0 spiro atoms. The van der Waals surface area contributed by atoms with Gasteiger partial charge in [-0.05, 0) is 47.8 Å². The van der Waals surface area contributed by atoms with Crippen LogP contribution in [0.4, 0.5) is 0 Å². The number of para-hydroxylation sites is 1. The fraction of sp³-hybridized carbons (Fsp3) is 0.304. The number of fused-ring (bicyclic) bond motifs is 1. The Morgan fingerprint density at radius 1 is 1.17 bits per heavy atom. The Balaban J connectivity index is 1.60. The Morgan fingerprint density at radius 3 is 2.66 bits per heavy atom. The third kappa shape index (κ3) is 5.08. The van der Waals surface area contributed by atoms with Gasteiger partial charge in [0.15, 0.2) is 0 Å². The van der Waals surface area contributed by atoms with Crippen LogP contribution >= 0.6 is 0 Å². The van der Waals surface area contributed by atoms with Crippen molar-refractivity contribution in [1.29, 1.82) is 0 Å². The molecule has 1 N–H and O–H groups in total. The summed E-state index contributed by atoms with van der Waals surface area (Å²) in [6.45, 7) is 0.653. The van der Waals surface area contributed by atoms with Crippen LogP contribution in [0.5, 0.6) is 5.75 Å². The molecule has 0 radical (unpaired) electrons. The van der Waals surface area contributed by atoms with E-state index in [1.807, 2.05) is 0 Å². The minimum absolute atomic E-state index is 0.00101. The van der Waals surface area contributed by atoms with Crippen LogP contribution < -0.4 is 10.1 Å². The Hall–Kier alpha value is -4.02. The van der Waals surface area contributed by atoms with Gasteiger partial charge in [0.2, 0.25) is 11.8 Å². The monoisotopic (exact) mass is 496 g/mol. The van der Waals surface area contributed by atoms with E-state index in [9.17, 15) is 18.0 Å². The summed E-state index contributed by atoms with van der Waals surface area (Å²) in [4.78, 5) is 28.6. The number of hydrogen-bond donors (Lipinski definition) is 1. The van der Waals surface area contributed by atoms with Gasteiger partial charge in [0.25, 0.3) is 10.0 Å². The lowest BCUT2D eigenvalue weighted by molar-refractivity contribution is -0.142. The molecule has 12 heteroatoms. The van der Waals surface area contributed by atoms with Crippen molar-refractivity contribution in [3.63, 3.8) is 0 Å². The van der Waals surface area contributed by atoms with E-state index < -0.39 is 16.1 Å². The van der Waals surface area contributed by atoms with Gasteiger partial charge in [-0.3, -0.25) is 9.59 Å². The minimum atomic E-state index is -3.95. The Kier molecular flexibility index (Phi) is 6.94. The van der Waals surface area contributed by atoms with Gasteiger partial charge in [-0.15, -0.1) is 0 Å². The van der Waals surface area contributed by atoms with Crippen molar-refractivity contribution in [3.05, 3.63) is 70.7 Å². The Morgan fingerprint density at radius 2 is 1.91 bits per heavy atom. The molecule has 2 heterocycles. The predicted molar refractivity (Wildman–Crippen MR) is 128 cm³/mol. The molecule has 0 aliphatic carbocycles. The first-order chi connectivity index (χ1) is 16.8. The van der Waals surface area contributed by atoms with E-state index in [4.69, 9.17) is 10.3 Å². The van der Waals surface area contributed by atoms with Crippen LogP contribution in [0.2, 0.25) is 0 Å². The molecular formula is C23H24N6O5S. The number of carbonyl (C=O) groups is 2. The number of benzene rings is 2. The number of amides is 2. The van der Waals surface area contributed by atoms with Crippen molar-refractivity contribution < 1.29 is 22.7 Å². The molecule has 0 saturated carbocycles. The van der Waals surface area contributed by atoms with Crippen molar-refractivity contribution >= 4 is 32.7 Å². The van der Waals surface area contributed by atoms with Crippen LogP contribution in [0, 0.1) is 0 Å². The standard InChI is InChI=1S/C23H24N6O5S/c1-28-15-22(30)26-20(23(28)31)13-16-14-29(21-6-3-2-5-19(16)21)35(32,33)18-9-7-17(8-10-18)34-12-4-11-25-27-24/h2-3,5-10,14,20H,4,11-13,15H2,1H3,(H,26,30)/t20-/m0/s1. The van der Waals surface area contributed by atoms with Gasteiger partial charge in [-0.25, -0.2) is 12.4 Å². The second-order valence-corrected chi connectivity index (χ2v) is 9.93. The summed E-state index contributed by atoms with van der Waals surface area (Å²) in [5, 5.41) is 6.82. The maximum Gasteiger partial charge on any atom is 0.268 e. The summed E-state index contributed by atoms with van der Waals surface area (Å²) in [5.74, 6) is 0.0199. The molecule has 4 rings (SSSR count). The number of carbonyl (C=O) groups excluding carboxylic acids is 2. The third-order valence-electron chi connectivity index (χ3n) is 5.69. The molecule has 11 nitrogen and oxygen atoms in total. The van der Waals surface area contributed by atoms with Crippen LogP contribution in [-0.4, -0.2) is 61.9 Å². The predicted octanol–water partition coefficient (Wildman–Crippen LogP) is 2.46. The summed E-state index contributed by atoms with van der Waals surface area (Å²) < 4.78 is 33.7. The molecule has 1 atom stereocenters. The summed E-state index contributed by atoms with van der Waals surface area (Å²) in [7, 11) is -2.38. The number of piperazine rings is 1. The highest BCUT2D eigenvalue weighted by molar-refractivity contribution is 7.90. The number of nitrogens with one attached hydrogen (secondary N) is 1. The maximum absolute atomic E-state index is 13.5. The quantitative estimate of drug-likeness (QED) is 0.209. The highest BCUT2D eigenvalue weighted by Crippen LogP contribution is 2.28. The van der Waals surface area contributed by atoms with Gasteiger partial charge >= 0.3 is 0 Å². The van der Waals surface area contributed by atoms with Crippen LogP contribution in [0.3, 0.4) is 0 Å². The molecule has 2 aromatic carbocycles. The average molecular weight is 497 g/mol. The average Bonchev–Trinajstić information content (AvgIpc) is 3.22. The summed E-state index contributed by atoms with van der Waals surface area (Å²) in [6, 6.07) is 12.3. The number of ether oxygens (including phenoxy) is 1. The Bertz CT molecular complexity index is 1410. The van der Waals surface area contributed by atoms with Gasteiger partial charge in [-0.1, -0.05) is 23.3 Å². The van der Waals surface area contributed by atoms with E-state index in [0.29, 0.717) is 41.8 Å². The van der Waals surface area contributed by atoms with Crippen molar-refractivity contribution in [2.45, 2.75) is 23.8 Å². The molecule has 1 aromatic heterocycles. The van der Waals surface area contributed by atoms with Crippen LogP contribution in [0.25, 0.3) is 21.3 Å². The van der Waals surface area contributed by atoms with Crippen LogP contribution in [0.15, 0.2) is 64.7 Å². The number of rotatable bonds is 9. The van der Waals surface area contributed by atoms with Gasteiger partial charge < -0.3 is 15.0 Å². The molecule has 3 aromatic rings. The zero-order chi connectivity index (χ0) is 25.0. The number of aromatic nitrogens is 1. The zero-order valence-corrected chi connectivity index (χ0v) is 19.8. The zero-order valence-electron chi connectivity index (χ0n) is 19.0. The molecule has 35 heavy (non-hydrogen) atoms. The van der Waals surface area contributed by atoms with Crippen molar-refractivity contribution in [1.82, 2.24) is 14.2 Å². The molecule has 1 aliphatic rings. The normalized spacial score (nSPS) is 16.1. The van der Waals surface area contributed by atoms with Gasteiger partial charge in [-0.2, -0.15) is 0 Å². The lowest BCUT2D eigenvalue weighted by Gasteiger charge is -2.29. The van der Waals surface area contributed by atoms with Crippen molar-refractivity contribution in [3.8, 4) is 5.75 Å². The van der Waals surface area contributed by atoms with E-state index in [0.717, 1.165) is 0 Å². The SMILES string of the molecule is CN1CC(=O)N[C@@H](Cc2cn(S(=O)(=O)c3ccc(OCCCN=[N+]=[N-])cc3)c3ccccc23)C1=O. The lowest BCUT2D eigenvalue weighted by atomic mass is 10.0. The number of likely N-dealkylation sites (N-methyl/N-ethyl adjacent to an activating group) is 1. The molecule has 1 fully saturated rings. The molecule has 0 unspecified atom stereocenters. The molecule has 2 amide bonds. The van der Waals surface area contributed by atoms with Gasteiger partial charge in [0.05, 0.1) is 23.6 Å². The van der Waals surface area contributed by atoms with Crippen LogP contribution in [0.1, 0.15) is 12.0 Å². The summed E-state index contributed by atoms with van der Waals surface area (Å²) >= 11 is 0. The first-order valence-corrected chi connectivity index (χ1v) is 12.4. The molecule has 1 saturated heterocycles. The van der Waals surface area contributed by atoms with Gasteiger partial charge in [0, 0.05) is 36.5 Å². The largest absolute Gasteiger partial charge is 0.494 e. The summed E-state index contributed by atoms with van der Waals surface area (Å²) in [5.41, 5.74) is 9.40. The number of nitrogens with zero attached hydrogens (tertiary/aromatic N) is 5. The van der Waals surface area contributed by atoms with E-state index in [-0.39, 0.29) is 29.7 Å². The second-order valence-electron chi connectivity index (χ2n) is 8.12. The maximum atomic E-state index is 13.5. The topological polar surface area (TPSA) is 146 Å². The van der Waals surface area contributed by atoms with Crippen molar-refractivity contribution in [2.75, 3.05) is 26.7 Å². The molecule has 0 bridgehead atoms. The molecular weight excluding hydrogens is 472 g/mol. The number of azide groups is 1. The molecule has 1 aliphatic heterocycles. The van der Waals surface area contributed by atoms with E-state index >= 15 is 0 Å². The Labute approximate surface area is 202 Å². The van der Waals surface area contributed by atoms with E-state index in [2.05, 4.69) is 15.3 Å². The van der Waals surface area contributed by atoms with Crippen LogP contribution in [-0.2, 0) is 26.0 Å². The van der Waals surface area contributed by atoms with E-state index in [1.54, 1.807) is 43.4 Å². The smallest absolute Gasteiger partial charge is 0.268 e.